The molecule has 0 aromatic heterocycles. The zero-order chi connectivity index (χ0) is 22.9. The number of ether oxygens (including phenoxy) is 1. The Balaban J connectivity index is 1.56. The second-order valence-corrected chi connectivity index (χ2v) is 6.88. The van der Waals surface area contributed by atoms with Crippen molar-refractivity contribution in [2.24, 2.45) is 0 Å². The first kappa shape index (κ1) is 22.4. The summed E-state index contributed by atoms with van der Waals surface area (Å²) < 4.78 is 17.9. The molecule has 0 aliphatic carbocycles. The molecular weight excluding hydrogens is 411 g/mol. The van der Waals surface area contributed by atoms with Gasteiger partial charge >= 0.3 is 5.97 Å². The molecule has 0 spiro atoms. The second-order valence-electron chi connectivity index (χ2n) is 6.88. The molecule has 0 saturated carbocycles. The molecular formula is C25H21FN2O4. The van der Waals surface area contributed by atoms with Crippen molar-refractivity contribution in [1.82, 2.24) is 5.32 Å². The SMILES string of the molecule is CC(=O)Oc1cccc(C(=O)NCc2cccc(NC(=O)/C=C/c3ccc(F)cc3)c2)c1. The first-order valence-electron chi connectivity index (χ1n) is 9.79. The maximum Gasteiger partial charge on any atom is 0.308 e. The van der Waals surface area contributed by atoms with Crippen molar-refractivity contribution in [3.8, 4) is 5.75 Å². The predicted molar refractivity (Wildman–Crippen MR) is 119 cm³/mol. The van der Waals surface area contributed by atoms with Crippen LogP contribution in [0.5, 0.6) is 5.75 Å². The Kier molecular flexibility index (Phi) is 7.48. The van der Waals surface area contributed by atoms with Crippen molar-refractivity contribution in [1.29, 1.82) is 0 Å². The summed E-state index contributed by atoms with van der Waals surface area (Å²) in [5, 5.41) is 5.54. The first-order chi connectivity index (χ1) is 15.4. The molecule has 6 nitrogen and oxygen atoms in total. The highest BCUT2D eigenvalue weighted by Crippen LogP contribution is 2.15. The number of anilines is 1. The van der Waals surface area contributed by atoms with E-state index in [2.05, 4.69) is 10.6 Å². The minimum absolute atomic E-state index is 0.242. The molecule has 0 bridgehead atoms. The van der Waals surface area contributed by atoms with E-state index in [0.29, 0.717) is 22.6 Å². The van der Waals surface area contributed by atoms with Gasteiger partial charge in [-0.1, -0.05) is 30.3 Å². The minimum atomic E-state index is -0.464. The summed E-state index contributed by atoms with van der Waals surface area (Å²) in [4.78, 5) is 35.6. The molecule has 0 atom stereocenters. The van der Waals surface area contributed by atoms with Gasteiger partial charge in [0.2, 0.25) is 5.91 Å². The Hall–Kier alpha value is -4.26. The normalized spacial score (nSPS) is 10.6. The number of hydrogen-bond acceptors (Lipinski definition) is 4. The number of hydrogen-bond donors (Lipinski definition) is 2. The number of esters is 1. The Morgan fingerprint density at radius 2 is 1.72 bits per heavy atom. The van der Waals surface area contributed by atoms with Crippen molar-refractivity contribution in [3.05, 3.63) is 101 Å². The monoisotopic (exact) mass is 432 g/mol. The van der Waals surface area contributed by atoms with Gasteiger partial charge in [0.05, 0.1) is 0 Å². The summed E-state index contributed by atoms with van der Waals surface area (Å²) in [6, 6.07) is 19.2. The Morgan fingerprint density at radius 3 is 2.47 bits per heavy atom. The van der Waals surface area contributed by atoms with Gasteiger partial charge in [-0.15, -0.1) is 0 Å². The van der Waals surface area contributed by atoms with Crippen LogP contribution in [0.25, 0.3) is 6.08 Å². The molecule has 3 rings (SSSR count). The molecule has 3 aromatic carbocycles. The van der Waals surface area contributed by atoms with E-state index in [4.69, 9.17) is 4.74 Å². The zero-order valence-corrected chi connectivity index (χ0v) is 17.3. The van der Waals surface area contributed by atoms with Crippen molar-refractivity contribution in [2.75, 3.05) is 5.32 Å². The van der Waals surface area contributed by atoms with E-state index in [1.54, 1.807) is 54.6 Å². The van der Waals surface area contributed by atoms with Crippen LogP contribution in [-0.2, 0) is 16.1 Å². The van der Waals surface area contributed by atoms with Crippen molar-refractivity contribution < 1.29 is 23.5 Å². The second kappa shape index (κ2) is 10.7. The summed E-state index contributed by atoms with van der Waals surface area (Å²) in [6.45, 7) is 1.53. The van der Waals surface area contributed by atoms with Crippen LogP contribution in [0, 0.1) is 5.82 Å². The molecule has 32 heavy (non-hydrogen) atoms. The highest BCUT2D eigenvalue weighted by molar-refractivity contribution is 6.02. The zero-order valence-electron chi connectivity index (χ0n) is 17.3. The largest absolute Gasteiger partial charge is 0.427 e. The van der Waals surface area contributed by atoms with Crippen LogP contribution in [-0.4, -0.2) is 17.8 Å². The van der Waals surface area contributed by atoms with Crippen LogP contribution < -0.4 is 15.4 Å². The average Bonchev–Trinajstić information content (AvgIpc) is 2.77. The highest BCUT2D eigenvalue weighted by Gasteiger charge is 2.08. The number of carbonyl (C=O) groups excluding carboxylic acids is 3. The average molecular weight is 432 g/mol. The fraction of sp³-hybridized carbons (Fsp3) is 0.0800. The molecule has 0 radical (unpaired) electrons. The third kappa shape index (κ3) is 6.91. The molecule has 3 aromatic rings. The standard InChI is InChI=1S/C25H21FN2O4/c1-17(29)32-23-7-3-5-20(15-23)25(31)27-16-19-4-2-6-22(14-19)28-24(30)13-10-18-8-11-21(26)12-9-18/h2-15H,16H2,1H3,(H,27,31)(H,28,30)/b13-10+. The first-order valence-corrected chi connectivity index (χ1v) is 9.79. The maximum absolute atomic E-state index is 12.9. The van der Waals surface area contributed by atoms with Gasteiger partial charge in [-0.05, 0) is 59.7 Å². The minimum Gasteiger partial charge on any atom is -0.427 e. The smallest absolute Gasteiger partial charge is 0.308 e. The van der Waals surface area contributed by atoms with Gasteiger partial charge in [0, 0.05) is 30.8 Å². The van der Waals surface area contributed by atoms with Crippen molar-refractivity contribution in [2.45, 2.75) is 13.5 Å². The molecule has 0 unspecified atom stereocenters. The van der Waals surface area contributed by atoms with Crippen LogP contribution in [0.2, 0.25) is 0 Å². The Labute approximate surface area is 184 Å². The summed E-state index contributed by atoms with van der Waals surface area (Å²) in [7, 11) is 0. The van der Waals surface area contributed by atoms with Gasteiger partial charge in [0.25, 0.3) is 5.91 Å². The fourth-order valence-electron chi connectivity index (χ4n) is 2.84. The predicted octanol–water partition coefficient (Wildman–Crippen LogP) is 4.33. The molecule has 0 heterocycles. The number of benzene rings is 3. The van der Waals surface area contributed by atoms with Gasteiger partial charge in [0.1, 0.15) is 11.6 Å². The number of halogens is 1. The van der Waals surface area contributed by atoms with Crippen molar-refractivity contribution in [3.63, 3.8) is 0 Å². The Bertz CT molecular complexity index is 1160. The lowest BCUT2D eigenvalue weighted by Gasteiger charge is -2.09. The number of rotatable bonds is 7. The van der Waals surface area contributed by atoms with Crippen LogP contribution in [0.4, 0.5) is 10.1 Å². The maximum atomic E-state index is 12.9. The van der Waals surface area contributed by atoms with E-state index in [0.717, 1.165) is 5.56 Å². The van der Waals surface area contributed by atoms with Crippen LogP contribution in [0.3, 0.4) is 0 Å². The topological polar surface area (TPSA) is 84.5 Å². The van der Waals surface area contributed by atoms with E-state index < -0.39 is 5.97 Å². The summed E-state index contributed by atoms with van der Waals surface area (Å²) in [6.07, 6.45) is 2.95. The molecule has 0 aliphatic heterocycles. The van der Waals surface area contributed by atoms with Crippen LogP contribution >= 0.6 is 0 Å². The lowest BCUT2D eigenvalue weighted by molar-refractivity contribution is -0.131. The van der Waals surface area contributed by atoms with Crippen LogP contribution in [0.1, 0.15) is 28.4 Å². The number of carbonyl (C=O) groups is 3. The van der Waals surface area contributed by atoms with E-state index in [9.17, 15) is 18.8 Å². The summed E-state index contributed by atoms with van der Waals surface area (Å²) >= 11 is 0. The van der Waals surface area contributed by atoms with Gasteiger partial charge in [-0.2, -0.15) is 0 Å². The van der Waals surface area contributed by atoms with Gasteiger partial charge in [-0.3, -0.25) is 14.4 Å². The van der Waals surface area contributed by atoms with Crippen molar-refractivity contribution >= 4 is 29.5 Å². The lowest BCUT2D eigenvalue weighted by Crippen LogP contribution is -2.23. The van der Waals surface area contributed by atoms with E-state index in [-0.39, 0.29) is 24.2 Å². The molecule has 0 aliphatic rings. The molecule has 0 saturated heterocycles. The third-order valence-corrected chi connectivity index (χ3v) is 4.30. The highest BCUT2D eigenvalue weighted by atomic mass is 19.1. The molecule has 2 amide bonds. The van der Waals surface area contributed by atoms with E-state index in [1.165, 1.54) is 31.2 Å². The number of nitrogens with one attached hydrogen (secondary N) is 2. The van der Waals surface area contributed by atoms with Crippen LogP contribution in [0.15, 0.2) is 78.9 Å². The molecule has 2 N–H and O–H groups in total. The lowest BCUT2D eigenvalue weighted by atomic mass is 10.1. The van der Waals surface area contributed by atoms with Gasteiger partial charge < -0.3 is 15.4 Å². The quantitative estimate of drug-likeness (QED) is 0.331. The molecule has 7 heteroatoms. The molecule has 162 valence electrons. The Morgan fingerprint density at radius 1 is 0.969 bits per heavy atom. The van der Waals surface area contributed by atoms with E-state index >= 15 is 0 Å². The summed E-state index contributed by atoms with van der Waals surface area (Å²) in [5.41, 5.74) is 2.42. The fourth-order valence-corrected chi connectivity index (χ4v) is 2.84. The number of amides is 2. The molecule has 0 fully saturated rings. The summed E-state index contributed by atoms with van der Waals surface area (Å²) in [5.74, 6) is -1.17. The van der Waals surface area contributed by atoms with Gasteiger partial charge in [-0.25, -0.2) is 4.39 Å². The van der Waals surface area contributed by atoms with Gasteiger partial charge in [0.15, 0.2) is 0 Å². The third-order valence-electron chi connectivity index (χ3n) is 4.30. The van der Waals surface area contributed by atoms with E-state index in [1.807, 2.05) is 6.07 Å².